The summed E-state index contributed by atoms with van der Waals surface area (Å²) in [5.74, 6) is -0.328. The van der Waals surface area contributed by atoms with Crippen molar-refractivity contribution in [2.24, 2.45) is 28.6 Å². The Bertz CT molecular complexity index is 817. The molecular formula is C22H27FO4. The smallest absolute Gasteiger partial charge is 0.190 e. The highest BCUT2D eigenvalue weighted by atomic mass is 19.1. The number of halogens is 1. The molecule has 0 aromatic rings. The van der Waals surface area contributed by atoms with Crippen molar-refractivity contribution in [2.45, 2.75) is 63.8 Å². The lowest BCUT2D eigenvalue weighted by Crippen LogP contribution is -2.72. The maximum absolute atomic E-state index is 16.9. The summed E-state index contributed by atoms with van der Waals surface area (Å²) in [6.07, 6.45) is 5.65. The molecule has 0 radical (unpaired) electrons. The number of fused-ring (bicyclic) bond motifs is 6. The average molecular weight is 374 g/mol. The molecule has 1 N–H and O–H groups in total. The Morgan fingerprint density at radius 1 is 1.26 bits per heavy atom. The van der Waals surface area contributed by atoms with Gasteiger partial charge in [0.2, 0.25) is 0 Å². The van der Waals surface area contributed by atoms with E-state index in [-0.39, 0.29) is 42.3 Å². The maximum Gasteiger partial charge on any atom is 0.190 e. The van der Waals surface area contributed by atoms with E-state index in [0.29, 0.717) is 12.8 Å². The Balaban J connectivity index is 1.64. The molecule has 3 saturated carbocycles. The second kappa shape index (κ2) is 4.98. The Morgan fingerprint density at radius 3 is 2.63 bits per heavy atom. The molecule has 27 heavy (non-hydrogen) atoms. The van der Waals surface area contributed by atoms with Gasteiger partial charge in [-0.25, -0.2) is 4.39 Å². The normalized spacial score (nSPS) is 56.3. The fourth-order valence-electron chi connectivity index (χ4n) is 7.59. The highest BCUT2D eigenvalue weighted by molar-refractivity contribution is 6.01. The number of hydrogen-bond acceptors (Lipinski definition) is 4. The second-order valence-corrected chi connectivity index (χ2v) is 9.87. The first kappa shape index (κ1) is 17.7. The Morgan fingerprint density at radius 2 is 2.00 bits per heavy atom. The Hall–Kier alpha value is -1.33. The van der Waals surface area contributed by atoms with Gasteiger partial charge >= 0.3 is 0 Å². The minimum atomic E-state index is -1.84. The first-order valence-corrected chi connectivity index (χ1v) is 10.1. The van der Waals surface area contributed by atoms with Crippen molar-refractivity contribution in [3.05, 3.63) is 23.8 Å². The first-order valence-electron chi connectivity index (χ1n) is 10.1. The summed E-state index contributed by atoms with van der Waals surface area (Å²) in [4.78, 5) is 24.4. The predicted octanol–water partition coefficient (Wildman–Crippen LogP) is 2.94. The molecule has 0 aromatic heterocycles. The summed E-state index contributed by atoms with van der Waals surface area (Å²) in [6, 6.07) is 0. The number of hydrogen-bond donors (Lipinski definition) is 1. The van der Waals surface area contributed by atoms with E-state index in [9.17, 15) is 14.7 Å². The van der Waals surface area contributed by atoms with Gasteiger partial charge in [-0.05, 0) is 56.6 Å². The van der Waals surface area contributed by atoms with Gasteiger partial charge in [0.05, 0.1) is 6.10 Å². The molecular weight excluding hydrogens is 347 g/mol. The van der Waals surface area contributed by atoms with Crippen LogP contribution in [0.25, 0.3) is 0 Å². The lowest BCUT2D eigenvalue weighted by molar-refractivity contribution is -0.246. The molecule has 0 amide bonds. The standard InChI is InChI=1S/C22H27FO4/c1-12-8-16-14-5-7-21(18(26)11-27-21)20(14,3)10-17(25)22(16,23)19(2)6-4-13(24)9-15(12)19/h4,6,9,12,14,16-17,25H,5,7-8,10-11H2,1-3H3/t12-,14-,16-,17-,19-,20-,21-,22-/m0/s1. The first-order chi connectivity index (χ1) is 12.6. The fourth-order valence-corrected chi connectivity index (χ4v) is 7.59. The zero-order chi connectivity index (χ0) is 19.4. The van der Waals surface area contributed by atoms with Crippen LogP contribution >= 0.6 is 0 Å². The summed E-state index contributed by atoms with van der Waals surface area (Å²) < 4.78 is 22.8. The van der Waals surface area contributed by atoms with Crippen LogP contribution < -0.4 is 0 Å². The van der Waals surface area contributed by atoms with Crippen LogP contribution in [-0.4, -0.2) is 40.7 Å². The SMILES string of the molecule is C[C@H]1C[C@H]2[C@@H]3CC[C@@]4(OCC4=O)[C@@]3(C)C[C@H](O)[C@]2(F)[C@@]2(C)C=CC(=O)C=C12. The molecule has 8 atom stereocenters. The molecule has 1 saturated heterocycles. The molecule has 1 aliphatic heterocycles. The molecule has 4 aliphatic carbocycles. The number of aliphatic hydroxyl groups excluding tert-OH is 1. The van der Waals surface area contributed by atoms with Crippen molar-refractivity contribution < 1.29 is 23.8 Å². The molecule has 1 spiro atoms. The summed E-state index contributed by atoms with van der Waals surface area (Å²) in [5, 5.41) is 11.2. The van der Waals surface area contributed by atoms with Gasteiger partial charge in [-0.2, -0.15) is 0 Å². The minimum absolute atomic E-state index is 0.0120. The number of carbonyl (C=O) groups is 2. The van der Waals surface area contributed by atoms with Crippen LogP contribution in [0.4, 0.5) is 4.39 Å². The number of ketones is 2. The molecule has 1 heterocycles. The molecule has 5 aliphatic rings. The molecule has 0 aromatic carbocycles. The van der Waals surface area contributed by atoms with Gasteiger partial charge in [0.1, 0.15) is 12.2 Å². The zero-order valence-electron chi connectivity index (χ0n) is 16.1. The average Bonchev–Trinajstić information content (AvgIpc) is 2.93. The summed E-state index contributed by atoms with van der Waals surface area (Å²) in [6.45, 7) is 6.02. The number of Topliss-reactive ketones (excluding diaryl/α,β-unsaturated/α-hetero) is 1. The maximum atomic E-state index is 16.9. The van der Waals surface area contributed by atoms with E-state index in [1.165, 1.54) is 6.08 Å². The van der Waals surface area contributed by atoms with Crippen LogP contribution in [0, 0.1) is 28.6 Å². The number of aliphatic hydroxyl groups is 1. The predicted molar refractivity (Wildman–Crippen MR) is 96.6 cm³/mol. The van der Waals surface area contributed by atoms with E-state index >= 15 is 4.39 Å². The van der Waals surface area contributed by atoms with Crippen molar-refractivity contribution in [1.82, 2.24) is 0 Å². The molecule has 0 unspecified atom stereocenters. The molecule has 5 rings (SSSR count). The van der Waals surface area contributed by atoms with Crippen LogP contribution in [0.3, 0.4) is 0 Å². The zero-order valence-corrected chi connectivity index (χ0v) is 16.1. The second-order valence-electron chi connectivity index (χ2n) is 9.87. The molecule has 0 bridgehead atoms. The van der Waals surface area contributed by atoms with Crippen LogP contribution in [0.1, 0.15) is 46.5 Å². The van der Waals surface area contributed by atoms with Crippen LogP contribution in [0.2, 0.25) is 0 Å². The number of rotatable bonds is 0. The monoisotopic (exact) mass is 374 g/mol. The van der Waals surface area contributed by atoms with E-state index in [0.717, 1.165) is 12.0 Å². The van der Waals surface area contributed by atoms with Gasteiger partial charge in [0.25, 0.3) is 0 Å². The fraction of sp³-hybridized carbons (Fsp3) is 0.727. The summed E-state index contributed by atoms with van der Waals surface area (Å²) >= 11 is 0. The Kier molecular flexibility index (Phi) is 3.27. The molecule has 146 valence electrons. The van der Waals surface area contributed by atoms with Crippen LogP contribution in [-0.2, 0) is 14.3 Å². The summed E-state index contributed by atoms with van der Waals surface area (Å²) in [7, 11) is 0. The van der Waals surface area contributed by atoms with Gasteiger partial charge in [-0.1, -0.05) is 25.5 Å². The van der Waals surface area contributed by atoms with Crippen molar-refractivity contribution in [3.63, 3.8) is 0 Å². The lowest BCUT2D eigenvalue weighted by Gasteiger charge is -2.64. The topological polar surface area (TPSA) is 63.6 Å². The quantitative estimate of drug-likeness (QED) is 0.708. The third-order valence-electron chi connectivity index (χ3n) is 8.99. The van der Waals surface area contributed by atoms with E-state index in [4.69, 9.17) is 4.74 Å². The largest absolute Gasteiger partial charge is 0.390 e. The number of alkyl halides is 1. The summed E-state index contributed by atoms with van der Waals surface area (Å²) in [5.41, 5.74) is -3.42. The van der Waals surface area contributed by atoms with E-state index in [1.54, 1.807) is 12.2 Å². The van der Waals surface area contributed by atoms with Crippen molar-refractivity contribution in [3.8, 4) is 0 Å². The number of allylic oxidation sites excluding steroid dienone is 4. The highest BCUT2D eigenvalue weighted by Crippen LogP contribution is 2.71. The van der Waals surface area contributed by atoms with Crippen LogP contribution in [0.15, 0.2) is 23.8 Å². The van der Waals surface area contributed by atoms with Crippen molar-refractivity contribution in [2.75, 3.05) is 6.61 Å². The van der Waals surface area contributed by atoms with Gasteiger partial charge in [0, 0.05) is 16.7 Å². The number of ether oxygens (including phenoxy) is 1. The van der Waals surface area contributed by atoms with Gasteiger partial charge in [-0.3, -0.25) is 9.59 Å². The lowest BCUT2D eigenvalue weighted by atomic mass is 9.43. The van der Waals surface area contributed by atoms with E-state index in [2.05, 4.69) is 0 Å². The third kappa shape index (κ3) is 1.73. The van der Waals surface area contributed by atoms with E-state index < -0.39 is 28.2 Å². The Labute approximate surface area is 158 Å². The highest BCUT2D eigenvalue weighted by Gasteiger charge is 2.76. The third-order valence-corrected chi connectivity index (χ3v) is 8.99. The number of carbonyl (C=O) groups excluding carboxylic acids is 2. The minimum Gasteiger partial charge on any atom is -0.390 e. The molecule has 5 heteroatoms. The molecule has 4 nitrogen and oxygen atoms in total. The molecule has 4 fully saturated rings. The van der Waals surface area contributed by atoms with Gasteiger partial charge in [0.15, 0.2) is 17.2 Å². The van der Waals surface area contributed by atoms with Crippen molar-refractivity contribution in [1.29, 1.82) is 0 Å². The van der Waals surface area contributed by atoms with E-state index in [1.807, 2.05) is 20.8 Å². The van der Waals surface area contributed by atoms with Gasteiger partial charge < -0.3 is 9.84 Å². The van der Waals surface area contributed by atoms with Crippen LogP contribution in [0.5, 0.6) is 0 Å². The van der Waals surface area contributed by atoms with Crippen molar-refractivity contribution >= 4 is 11.6 Å². The van der Waals surface area contributed by atoms with Gasteiger partial charge in [-0.15, -0.1) is 0 Å².